The van der Waals surface area contributed by atoms with Gasteiger partial charge in [-0.15, -0.1) is 0 Å². The SMILES string of the molecule is O=C(COC(=O)c1cc(-c2ccco2)nc2ccccc12)Nc1ccc2c(c1)CCC2. The van der Waals surface area contributed by atoms with Gasteiger partial charge in [-0.1, -0.05) is 24.3 Å². The van der Waals surface area contributed by atoms with Crippen molar-refractivity contribution in [1.82, 2.24) is 4.98 Å². The van der Waals surface area contributed by atoms with E-state index in [-0.39, 0.29) is 12.5 Å². The molecule has 31 heavy (non-hydrogen) atoms. The number of hydrogen-bond donors (Lipinski definition) is 1. The molecule has 0 unspecified atom stereocenters. The van der Waals surface area contributed by atoms with Crippen LogP contribution >= 0.6 is 0 Å². The van der Waals surface area contributed by atoms with Gasteiger partial charge in [0.15, 0.2) is 12.4 Å². The van der Waals surface area contributed by atoms with Gasteiger partial charge in [0.05, 0.1) is 17.3 Å². The summed E-state index contributed by atoms with van der Waals surface area (Å²) >= 11 is 0. The molecular formula is C25H20N2O4. The Morgan fingerprint density at radius 3 is 2.74 bits per heavy atom. The first-order valence-electron chi connectivity index (χ1n) is 10.2. The Balaban J connectivity index is 1.32. The van der Waals surface area contributed by atoms with Crippen molar-refractivity contribution in [3.05, 3.63) is 83.6 Å². The smallest absolute Gasteiger partial charge is 0.339 e. The molecule has 1 aliphatic rings. The maximum absolute atomic E-state index is 12.8. The van der Waals surface area contributed by atoms with E-state index >= 15 is 0 Å². The van der Waals surface area contributed by atoms with Crippen molar-refractivity contribution in [3.8, 4) is 11.5 Å². The standard InChI is InChI=1S/C25H20N2O4/c28-24(26-18-11-10-16-5-3-6-17(16)13-18)15-31-25(29)20-14-22(23-9-4-12-30-23)27-21-8-2-1-7-19(20)21/h1-2,4,7-14H,3,5-6,15H2,(H,26,28). The van der Waals surface area contributed by atoms with E-state index in [9.17, 15) is 9.59 Å². The summed E-state index contributed by atoms with van der Waals surface area (Å²) in [5.41, 5.74) is 4.83. The minimum absolute atomic E-state index is 0.335. The summed E-state index contributed by atoms with van der Waals surface area (Å²) in [5.74, 6) is -0.416. The molecule has 0 radical (unpaired) electrons. The molecule has 0 atom stereocenters. The maximum Gasteiger partial charge on any atom is 0.339 e. The molecule has 2 heterocycles. The summed E-state index contributed by atoms with van der Waals surface area (Å²) in [6.07, 6.45) is 4.81. The van der Waals surface area contributed by atoms with Gasteiger partial charge in [0.2, 0.25) is 0 Å². The number of ether oxygens (including phenoxy) is 1. The van der Waals surface area contributed by atoms with Gasteiger partial charge in [0, 0.05) is 11.1 Å². The van der Waals surface area contributed by atoms with E-state index in [1.807, 2.05) is 36.4 Å². The van der Waals surface area contributed by atoms with Crippen molar-refractivity contribution >= 4 is 28.5 Å². The molecule has 0 saturated carbocycles. The van der Waals surface area contributed by atoms with E-state index in [4.69, 9.17) is 9.15 Å². The molecule has 4 aromatic rings. The van der Waals surface area contributed by atoms with Crippen LogP contribution in [0.15, 0.2) is 71.3 Å². The Hall–Kier alpha value is -3.93. The fourth-order valence-electron chi connectivity index (χ4n) is 3.95. The Labute approximate surface area is 178 Å². The third-order valence-electron chi connectivity index (χ3n) is 5.43. The Morgan fingerprint density at radius 1 is 1.00 bits per heavy atom. The molecule has 2 aromatic carbocycles. The van der Waals surface area contributed by atoms with Gasteiger partial charge >= 0.3 is 5.97 Å². The van der Waals surface area contributed by atoms with Crippen molar-refractivity contribution in [1.29, 1.82) is 0 Å². The summed E-state index contributed by atoms with van der Waals surface area (Å²) in [4.78, 5) is 29.7. The molecule has 0 bridgehead atoms. The highest BCUT2D eigenvalue weighted by Crippen LogP contribution is 2.26. The number of benzene rings is 2. The number of amides is 1. The minimum Gasteiger partial charge on any atom is -0.463 e. The fourth-order valence-corrected chi connectivity index (χ4v) is 3.95. The lowest BCUT2D eigenvalue weighted by atomic mass is 10.1. The lowest BCUT2D eigenvalue weighted by Crippen LogP contribution is -2.21. The van der Waals surface area contributed by atoms with Crippen molar-refractivity contribution in [2.75, 3.05) is 11.9 Å². The van der Waals surface area contributed by atoms with Gasteiger partial charge in [-0.3, -0.25) is 4.79 Å². The zero-order chi connectivity index (χ0) is 21.2. The fraction of sp³-hybridized carbons (Fsp3) is 0.160. The molecule has 5 rings (SSSR count). The Morgan fingerprint density at radius 2 is 1.87 bits per heavy atom. The Kier molecular flexibility index (Phi) is 4.96. The highest BCUT2D eigenvalue weighted by atomic mass is 16.5. The molecule has 1 amide bonds. The zero-order valence-electron chi connectivity index (χ0n) is 16.8. The van der Waals surface area contributed by atoms with Crippen LogP contribution in [0.5, 0.6) is 0 Å². The van der Waals surface area contributed by atoms with Gasteiger partial charge in [-0.25, -0.2) is 9.78 Å². The summed E-state index contributed by atoms with van der Waals surface area (Å²) < 4.78 is 10.7. The van der Waals surface area contributed by atoms with E-state index in [0.29, 0.717) is 27.9 Å². The lowest BCUT2D eigenvalue weighted by molar-refractivity contribution is -0.119. The normalized spacial score (nSPS) is 12.5. The van der Waals surface area contributed by atoms with Gasteiger partial charge < -0.3 is 14.5 Å². The third-order valence-corrected chi connectivity index (χ3v) is 5.43. The summed E-state index contributed by atoms with van der Waals surface area (Å²) in [6.45, 7) is -0.372. The lowest BCUT2D eigenvalue weighted by Gasteiger charge is -2.10. The van der Waals surface area contributed by atoms with Crippen molar-refractivity contribution in [2.45, 2.75) is 19.3 Å². The highest BCUT2D eigenvalue weighted by molar-refractivity contribution is 6.05. The number of aromatic nitrogens is 1. The second-order valence-corrected chi connectivity index (χ2v) is 7.51. The number of nitrogens with zero attached hydrogens (tertiary/aromatic N) is 1. The first kappa shape index (κ1) is 19.1. The van der Waals surface area contributed by atoms with Crippen LogP contribution in [0.4, 0.5) is 5.69 Å². The zero-order valence-corrected chi connectivity index (χ0v) is 16.8. The molecule has 154 valence electrons. The number of fused-ring (bicyclic) bond motifs is 2. The summed E-state index contributed by atoms with van der Waals surface area (Å²) in [7, 11) is 0. The molecule has 0 spiro atoms. The molecule has 0 fully saturated rings. The molecular weight excluding hydrogens is 392 g/mol. The van der Waals surface area contributed by atoms with Gasteiger partial charge in [-0.05, 0) is 66.8 Å². The number of furan rings is 1. The molecule has 1 aliphatic carbocycles. The number of hydrogen-bond acceptors (Lipinski definition) is 5. The van der Waals surface area contributed by atoms with Crippen LogP contribution in [-0.4, -0.2) is 23.5 Å². The molecule has 6 nitrogen and oxygen atoms in total. The highest BCUT2D eigenvalue weighted by Gasteiger charge is 2.18. The van der Waals surface area contributed by atoms with Crippen molar-refractivity contribution in [3.63, 3.8) is 0 Å². The summed E-state index contributed by atoms with van der Waals surface area (Å²) in [6, 6.07) is 18.4. The first-order chi connectivity index (χ1) is 15.2. The number of carbonyl (C=O) groups excluding carboxylic acids is 2. The number of esters is 1. The van der Waals surface area contributed by atoms with E-state index in [1.54, 1.807) is 30.5 Å². The average Bonchev–Trinajstić information content (AvgIpc) is 3.48. The predicted octanol–water partition coefficient (Wildman–Crippen LogP) is 4.78. The van der Waals surface area contributed by atoms with Crippen molar-refractivity contribution in [2.24, 2.45) is 0 Å². The second kappa shape index (κ2) is 8.07. The number of anilines is 1. The van der Waals surface area contributed by atoms with Gasteiger partial charge in [0.1, 0.15) is 5.69 Å². The number of nitrogens with one attached hydrogen (secondary N) is 1. The number of aryl methyl sites for hydroxylation is 2. The molecule has 2 aromatic heterocycles. The number of pyridine rings is 1. The van der Waals surface area contributed by atoms with Crippen LogP contribution in [0.2, 0.25) is 0 Å². The maximum atomic E-state index is 12.8. The first-order valence-corrected chi connectivity index (χ1v) is 10.2. The van der Waals surface area contributed by atoms with Crippen molar-refractivity contribution < 1.29 is 18.7 Å². The van der Waals surface area contributed by atoms with E-state index in [0.717, 1.165) is 24.9 Å². The number of para-hydroxylation sites is 1. The largest absolute Gasteiger partial charge is 0.463 e. The van der Waals surface area contributed by atoms with Crippen LogP contribution in [0.1, 0.15) is 27.9 Å². The monoisotopic (exact) mass is 412 g/mol. The quantitative estimate of drug-likeness (QED) is 0.477. The number of carbonyl (C=O) groups is 2. The van der Waals surface area contributed by atoms with Crippen LogP contribution in [0.3, 0.4) is 0 Å². The third kappa shape index (κ3) is 3.92. The van der Waals surface area contributed by atoms with E-state index in [1.165, 1.54) is 11.1 Å². The van der Waals surface area contributed by atoms with E-state index in [2.05, 4.69) is 10.3 Å². The topological polar surface area (TPSA) is 81.4 Å². The predicted molar refractivity (Wildman–Crippen MR) is 117 cm³/mol. The van der Waals surface area contributed by atoms with Gasteiger partial charge in [0.25, 0.3) is 5.91 Å². The van der Waals surface area contributed by atoms with Crippen LogP contribution in [0, 0.1) is 0 Å². The van der Waals surface area contributed by atoms with Crippen LogP contribution in [0.25, 0.3) is 22.4 Å². The molecule has 0 saturated heterocycles. The average molecular weight is 412 g/mol. The molecule has 6 heteroatoms. The molecule has 1 N–H and O–H groups in total. The van der Waals surface area contributed by atoms with Crippen LogP contribution < -0.4 is 5.32 Å². The molecule has 0 aliphatic heterocycles. The van der Waals surface area contributed by atoms with Gasteiger partial charge in [-0.2, -0.15) is 0 Å². The second-order valence-electron chi connectivity index (χ2n) is 7.51. The Bertz CT molecular complexity index is 1280. The van der Waals surface area contributed by atoms with Crippen LogP contribution in [-0.2, 0) is 22.4 Å². The minimum atomic E-state index is -0.587. The summed E-state index contributed by atoms with van der Waals surface area (Å²) in [5, 5.41) is 3.46. The number of rotatable bonds is 5. The van der Waals surface area contributed by atoms with E-state index < -0.39 is 5.97 Å².